The monoisotopic (exact) mass is 350 g/mol. The maximum atomic E-state index is 14.6. The largest absolute Gasteiger partial charge is 0.442 e. The maximum Gasteiger partial charge on any atom is 0.414 e. The normalized spacial score (nSPS) is 21.0. The van der Waals surface area contributed by atoms with Gasteiger partial charge in [-0.05, 0) is 31.2 Å². The molecule has 2 aliphatic rings. The molecule has 1 atom stereocenters. The second kappa shape index (κ2) is 7.69. The molecule has 0 saturated carbocycles. The quantitative estimate of drug-likeness (QED) is 0.850. The Bertz CT molecular complexity index is 647. The van der Waals surface area contributed by atoms with Crippen molar-refractivity contribution in [2.45, 2.75) is 19.4 Å². The smallest absolute Gasteiger partial charge is 0.414 e. The molecule has 2 saturated heterocycles. The number of cyclic esters (lactones) is 1. The van der Waals surface area contributed by atoms with Crippen LogP contribution < -0.4 is 20.4 Å². The number of amides is 2. The Morgan fingerprint density at radius 1 is 1.40 bits per heavy atom. The molecule has 2 N–H and O–H groups in total. The van der Waals surface area contributed by atoms with Crippen molar-refractivity contribution in [1.82, 2.24) is 10.6 Å². The lowest BCUT2D eigenvalue weighted by Crippen LogP contribution is -2.33. The molecular formula is C17H23FN4O3. The Hall–Kier alpha value is -2.35. The molecule has 2 aliphatic heterocycles. The number of hydrogen-bond acceptors (Lipinski definition) is 5. The molecule has 0 aliphatic carbocycles. The van der Waals surface area contributed by atoms with Gasteiger partial charge in [0.2, 0.25) is 5.91 Å². The topological polar surface area (TPSA) is 73.9 Å². The SMILES string of the molecule is CC(=O)NC[C@H]1CN(c2ccc(N3CCCNCC3)c(F)c2)C(=O)O1. The molecule has 3 rings (SSSR count). The number of carbonyl (C=O) groups is 2. The molecule has 1 aromatic carbocycles. The predicted molar refractivity (Wildman–Crippen MR) is 92.4 cm³/mol. The molecule has 2 amide bonds. The van der Waals surface area contributed by atoms with Gasteiger partial charge in [0.05, 0.1) is 24.5 Å². The first-order chi connectivity index (χ1) is 12.0. The molecule has 0 aromatic heterocycles. The molecule has 136 valence electrons. The number of carbonyl (C=O) groups excluding carboxylic acids is 2. The molecular weight excluding hydrogens is 327 g/mol. The van der Waals surface area contributed by atoms with Gasteiger partial charge in [-0.3, -0.25) is 9.69 Å². The van der Waals surface area contributed by atoms with Crippen LogP contribution in [-0.2, 0) is 9.53 Å². The third-order valence-corrected chi connectivity index (χ3v) is 4.38. The van der Waals surface area contributed by atoms with E-state index in [0.29, 0.717) is 11.4 Å². The van der Waals surface area contributed by atoms with E-state index in [0.717, 1.165) is 32.6 Å². The van der Waals surface area contributed by atoms with Gasteiger partial charge in [-0.1, -0.05) is 0 Å². The summed E-state index contributed by atoms with van der Waals surface area (Å²) in [6.45, 7) is 5.25. The van der Waals surface area contributed by atoms with Crippen LogP contribution in [0.25, 0.3) is 0 Å². The highest BCUT2D eigenvalue weighted by Gasteiger charge is 2.32. The van der Waals surface area contributed by atoms with Crippen molar-refractivity contribution in [3.8, 4) is 0 Å². The van der Waals surface area contributed by atoms with Crippen LogP contribution in [-0.4, -0.2) is 57.4 Å². The molecule has 7 nitrogen and oxygen atoms in total. The molecule has 8 heteroatoms. The maximum absolute atomic E-state index is 14.6. The molecule has 0 unspecified atom stereocenters. The van der Waals surface area contributed by atoms with E-state index in [2.05, 4.69) is 10.6 Å². The second-order valence-electron chi connectivity index (χ2n) is 6.28. The third kappa shape index (κ3) is 4.19. The summed E-state index contributed by atoms with van der Waals surface area (Å²) < 4.78 is 19.8. The summed E-state index contributed by atoms with van der Waals surface area (Å²) in [7, 11) is 0. The number of rotatable bonds is 4. The van der Waals surface area contributed by atoms with Gasteiger partial charge in [-0.15, -0.1) is 0 Å². The lowest BCUT2D eigenvalue weighted by molar-refractivity contribution is -0.119. The van der Waals surface area contributed by atoms with Crippen LogP contribution in [0.1, 0.15) is 13.3 Å². The number of anilines is 2. The van der Waals surface area contributed by atoms with E-state index in [1.165, 1.54) is 17.9 Å². The summed E-state index contributed by atoms with van der Waals surface area (Å²) in [4.78, 5) is 26.4. The van der Waals surface area contributed by atoms with E-state index in [4.69, 9.17) is 4.74 Å². The fourth-order valence-electron chi connectivity index (χ4n) is 3.10. The van der Waals surface area contributed by atoms with Crippen LogP contribution in [0.4, 0.5) is 20.6 Å². The average Bonchev–Trinajstić information content (AvgIpc) is 2.78. The van der Waals surface area contributed by atoms with Crippen LogP contribution in [0.5, 0.6) is 0 Å². The Kier molecular flexibility index (Phi) is 5.37. The Morgan fingerprint density at radius 2 is 2.24 bits per heavy atom. The van der Waals surface area contributed by atoms with Crippen molar-refractivity contribution in [3.63, 3.8) is 0 Å². The summed E-state index contributed by atoms with van der Waals surface area (Å²) in [5.41, 5.74) is 1.01. The number of benzene rings is 1. The van der Waals surface area contributed by atoms with Crippen molar-refractivity contribution in [2.75, 3.05) is 49.1 Å². The first-order valence-corrected chi connectivity index (χ1v) is 8.52. The van der Waals surface area contributed by atoms with Gasteiger partial charge in [0.1, 0.15) is 11.9 Å². The fraction of sp³-hybridized carbons (Fsp3) is 0.529. The number of ether oxygens (including phenoxy) is 1. The van der Waals surface area contributed by atoms with Crippen molar-refractivity contribution in [1.29, 1.82) is 0 Å². The molecule has 0 radical (unpaired) electrons. The van der Waals surface area contributed by atoms with E-state index in [9.17, 15) is 14.0 Å². The highest BCUT2D eigenvalue weighted by atomic mass is 19.1. The van der Waals surface area contributed by atoms with Crippen molar-refractivity contribution >= 4 is 23.4 Å². The van der Waals surface area contributed by atoms with Crippen LogP contribution >= 0.6 is 0 Å². The van der Waals surface area contributed by atoms with E-state index >= 15 is 0 Å². The number of nitrogens with one attached hydrogen (secondary N) is 2. The minimum atomic E-state index is -0.526. The lowest BCUT2D eigenvalue weighted by atomic mass is 10.2. The molecule has 0 spiro atoms. The van der Waals surface area contributed by atoms with Gasteiger partial charge in [0, 0.05) is 26.6 Å². The van der Waals surface area contributed by atoms with E-state index in [-0.39, 0.29) is 24.8 Å². The van der Waals surface area contributed by atoms with Gasteiger partial charge >= 0.3 is 6.09 Å². The Labute approximate surface area is 146 Å². The minimum Gasteiger partial charge on any atom is -0.442 e. The molecule has 2 heterocycles. The number of nitrogens with zero attached hydrogens (tertiary/aromatic N) is 2. The first-order valence-electron chi connectivity index (χ1n) is 8.52. The highest BCUT2D eigenvalue weighted by molar-refractivity contribution is 5.90. The van der Waals surface area contributed by atoms with Crippen LogP contribution in [0.15, 0.2) is 18.2 Å². The van der Waals surface area contributed by atoms with Crippen molar-refractivity contribution in [3.05, 3.63) is 24.0 Å². The number of halogens is 1. The number of hydrogen-bond donors (Lipinski definition) is 2. The van der Waals surface area contributed by atoms with Gasteiger partial charge in [-0.25, -0.2) is 9.18 Å². The second-order valence-corrected chi connectivity index (χ2v) is 6.28. The van der Waals surface area contributed by atoms with Crippen molar-refractivity contribution < 1.29 is 18.7 Å². The van der Waals surface area contributed by atoms with E-state index < -0.39 is 12.2 Å². The standard InChI is InChI=1S/C17H23FN4O3/c1-12(23)20-10-14-11-22(17(24)25-14)13-3-4-16(15(18)9-13)21-7-2-5-19-6-8-21/h3-4,9,14,19H,2,5-8,10-11H2,1H3,(H,20,23)/t14-/m0/s1. The average molecular weight is 350 g/mol. The zero-order valence-corrected chi connectivity index (χ0v) is 14.3. The zero-order valence-electron chi connectivity index (χ0n) is 14.3. The van der Waals surface area contributed by atoms with Gasteiger partial charge in [0.15, 0.2) is 0 Å². The minimum absolute atomic E-state index is 0.183. The summed E-state index contributed by atoms with van der Waals surface area (Å²) in [6, 6.07) is 4.82. The molecule has 0 bridgehead atoms. The Morgan fingerprint density at radius 3 is 3.00 bits per heavy atom. The Balaban J connectivity index is 1.69. The van der Waals surface area contributed by atoms with E-state index in [1.807, 2.05) is 4.90 Å². The van der Waals surface area contributed by atoms with Crippen LogP contribution in [0.3, 0.4) is 0 Å². The molecule has 2 fully saturated rings. The molecule has 25 heavy (non-hydrogen) atoms. The summed E-state index contributed by atoms with van der Waals surface area (Å²) >= 11 is 0. The van der Waals surface area contributed by atoms with Crippen LogP contribution in [0.2, 0.25) is 0 Å². The van der Waals surface area contributed by atoms with Gasteiger partial charge in [-0.2, -0.15) is 0 Å². The lowest BCUT2D eigenvalue weighted by Gasteiger charge is -2.24. The highest BCUT2D eigenvalue weighted by Crippen LogP contribution is 2.28. The fourth-order valence-corrected chi connectivity index (χ4v) is 3.10. The van der Waals surface area contributed by atoms with Gasteiger partial charge < -0.3 is 20.3 Å². The zero-order chi connectivity index (χ0) is 17.8. The summed E-state index contributed by atoms with van der Waals surface area (Å²) in [5, 5.41) is 5.91. The van der Waals surface area contributed by atoms with Crippen LogP contribution in [0, 0.1) is 5.82 Å². The predicted octanol–water partition coefficient (Wildman–Crippen LogP) is 1.09. The third-order valence-electron chi connectivity index (χ3n) is 4.38. The first kappa shape index (κ1) is 17.5. The summed E-state index contributed by atoms with van der Waals surface area (Å²) in [5.74, 6) is -0.533. The van der Waals surface area contributed by atoms with Gasteiger partial charge in [0.25, 0.3) is 0 Å². The summed E-state index contributed by atoms with van der Waals surface area (Å²) in [6.07, 6.45) is 0.00193. The molecule has 1 aromatic rings. The van der Waals surface area contributed by atoms with Crippen molar-refractivity contribution in [2.24, 2.45) is 0 Å². The van der Waals surface area contributed by atoms with E-state index in [1.54, 1.807) is 12.1 Å².